The number of urea groups is 1. The van der Waals surface area contributed by atoms with Gasteiger partial charge >= 0.3 is 12.0 Å². The molecule has 0 atom stereocenters. The van der Waals surface area contributed by atoms with Crippen LogP contribution in [0.5, 0.6) is 0 Å². The van der Waals surface area contributed by atoms with Crippen molar-refractivity contribution in [2.45, 2.75) is 6.42 Å². The van der Waals surface area contributed by atoms with Gasteiger partial charge in [0.15, 0.2) is 0 Å². The summed E-state index contributed by atoms with van der Waals surface area (Å²) in [6.45, 7) is 0.0743. The minimum absolute atomic E-state index is 0.0743. The number of aromatic nitrogens is 1. The second-order valence-electron chi connectivity index (χ2n) is 4.06. The number of hydrogen-bond acceptors (Lipinski definition) is 3. The zero-order valence-corrected chi connectivity index (χ0v) is 12.0. The van der Waals surface area contributed by atoms with Crippen LogP contribution in [0.4, 0.5) is 10.5 Å². The quantitative estimate of drug-likeness (QED) is 0.799. The lowest BCUT2D eigenvalue weighted by Crippen LogP contribution is -2.30. The highest BCUT2D eigenvalue weighted by atomic mass is 79.9. The van der Waals surface area contributed by atoms with E-state index >= 15 is 0 Å². The fraction of sp³-hybridized carbons (Fsp3) is 0.154. The van der Waals surface area contributed by atoms with E-state index in [0.717, 1.165) is 9.86 Å². The average Bonchev–Trinajstić information content (AvgIpc) is 2.38. The molecule has 0 bridgehead atoms. The molecular formula is C13H12BrN3O3. The van der Waals surface area contributed by atoms with E-state index in [4.69, 9.17) is 5.11 Å². The van der Waals surface area contributed by atoms with Gasteiger partial charge in [-0.15, -0.1) is 0 Å². The van der Waals surface area contributed by atoms with Crippen molar-refractivity contribution in [3.63, 3.8) is 0 Å². The van der Waals surface area contributed by atoms with E-state index < -0.39 is 12.0 Å². The number of aliphatic carboxylic acids is 1. The lowest BCUT2D eigenvalue weighted by atomic mass is 10.2. The van der Waals surface area contributed by atoms with Crippen LogP contribution in [0.2, 0.25) is 0 Å². The number of carbonyl (C=O) groups excluding carboxylic acids is 1. The Bertz CT molecular complexity index is 660. The predicted octanol–water partition coefficient (Wildman–Crippen LogP) is 2.59. The Morgan fingerprint density at radius 1 is 1.35 bits per heavy atom. The van der Waals surface area contributed by atoms with Gasteiger partial charge in [-0.1, -0.05) is 12.1 Å². The Morgan fingerprint density at radius 3 is 2.90 bits per heavy atom. The van der Waals surface area contributed by atoms with Crippen molar-refractivity contribution in [1.29, 1.82) is 0 Å². The third kappa shape index (κ3) is 3.67. The molecule has 0 saturated heterocycles. The van der Waals surface area contributed by atoms with Crippen LogP contribution in [0.15, 0.2) is 34.9 Å². The first-order valence-electron chi connectivity index (χ1n) is 5.87. The predicted molar refractivity (Wildman–Crippen MR) is 78.7 cm³/mol. The molecule has 0 aliphatic heterocycles. The number of hydrogen-bond donors (Lipinski definition) is 3. The number of halogens is 1. The number of carbonyl (C=O) groups is 2. The van der Waals surface area contributed by atoms with Crippen molar-refractivity contribution < 1.29 is 14.7 Å². The molecule has 2 rings (SSSR count). The molecule has 0 aliphatic rings. The highest BCUT2D eigenvalue weighted by molar-refractivity contribution is 9.10. The number of nitrogens with zero attached hydrogens (tertiary/aromatic N) is 1. The summed E-state index contributed by atoms with van der Waals surface area (Å²) in [5.74, 6) is -0.957. The second-order valence-corrected chi connectivity index (χ2v) is 4.97. The molecule has 0 spiro atoms. The average molecular weight is 338 g/mol. The maximum Gasteiger partial charge on any atom is 0.319 e. The van der Waals surface area contributed by atoms with Crippen LogP contribution in [0.3, 0.4) is 0 Å². The maximum absolute atomic E-state index is 11.7. The number of pyridine rings is 1. The number of fused-ring (bicyclic) bond motifs is 1. The maximum atomic E-state index is 11.7. The molecule has 3 N–H and O–H groups in total. The fourth-order valence-electron chi connectivity index (χ4n) is 1.68. The van der Waals surface area contributed by atoms with Gasteiger partial charge in [0, 0.05) is 22.6 Å². The van der Waals surface area contributed by atoms with E-state index in [1.807, 2.05) is 18.2 Å². The molecule has 0 unspecified atom stereocenters. The molecule has 20 heavy (non-hydrogen) atoms. The second kappa shape index (κ2) is 6.33. The number of carboxylic acid groups (broad SMARTS) is 1. The summed E-state index contributed by atoms with van der Waals surface area (Å²) >= 11 is 3.34. The van der Waals surface area contributed by atoms with Crippen molar-refractivity contribution >= 4 is 44.5 Å². The Morgan fingerprint density at radius 2 is 2.15 bits per heavy atom. The van der Waals surface area contributed by atoms with Gasteiger partial charge < -0.3 is 15.7 Å². The van der Waals surface area contributed by atoms with Gasteiger partial charge in [-0.05, 0) is 28.1 Å². The SMILES string of the molecule is O=C(O)CCNC(=O)Nc1cccc2cc(Br)cnc12. The van der Waals surface area contributed by atoms with Crippen LogP contribution >= 0.6 is 15.9 Å². The summed E-state index contributed by atoms with van der Waals surface area (Å²) in [5.41, 5.74) is 1.24. The van der Waals surface area contributed by atoms with E-state index in [2.05, 4.69) is 31.5 Å². The monoisotopic (exact) mass is 337 g/mol. The first-order valence-corrected chi connectivity index (χ1v) is 6.66. The highest BCUT2D eigenvalue weighted by Gasteiger charge is 2.07. The molecule has 104 valence electrons. The Balaban J connectivity index is 2.09. The molecule has 6 nitrogen and oxygen atoms in total. The molecule has 2 aromatic rings. The summed E-state index contributed by atoms with van der Waals surface area (Å²) in [7, 11) is 0. The van der Waals surface area contributed by atoms with Crippen molar-refractivity contribution in [2.24, 2.45) is 0 Å². The summed E-state index contributed by atoms with van der Waals surface area (Å²) in [6, 6.07) is 6.88. The van der Waals surface area contributed by atoms with Crippen molar-refractivity contribution in [3.05, 3.63) is 34.9 Å². The molecule has 0 radical (unpaired) electrons. The lowest BCUT2D eigenvalue weighted by molar-refractivity contribution is -0.136. The van der Waals surface area contributed by atoms with Crippen molar-refractivity contribution in [3.8, 4) is 0 Å². The number of nitrogens with one attached hydrogen (secondary N) is 2. The molecule has 2 amide bonds. The van der Waals surface area contributed by atoms with E-state index in [9.17, 15) is 9.59 Å². The number of para-hydroxylation sites is 1. The Kier molecular flexibility index (Phi) is 4.52. The molecule has 0 aliphatic carbocycles. The zero-order chi connectivity index (χ0) is 14.5. The van der Waals surface area contributed by atoms with Crippen LogP contribution in [0.25, 0.3) is 10.9 Å². The van der Waals surface area contributed by atoms with E-state index in [0.29, 0.717) is 11.2 Å². The summed E-state index contributed by atoms with van der Waals surface area (Å²) < 4.78 is 0.855. The van der Waals surface area contributed by atoms with Gasteiger partial charge in [0.25, 0.3) is 0 Å². The Hall–Kier alpha value is -2.15. The standard InChI is InChI=1S/C13H12BrN3O3/c14-9-6-8-2-1-3-10(12(8)16-7-9)17-13(20)15-5-4-11(18)19/h1-3,6-7H,4-5H2,(H,18,19)(H2,15,17,20). The number of carboxylic acids is 1. The molecular weight excluding hydrogens is 326 g/mol. The third-order valence-corrected chi connectivity index (χ3v) is 2.98. The smallest absolute Gasteiger partial charge is 0.319 e. The van der Waals surface area contributed by atoms with Gasteiger partial charge in [0.2, 0.25) is 0 Å². The van der Waals surface area contributed by atoms with Crippen LogP contribution < -0.4 is 10.6 Å². The van der Waals surface area contributed by atoms with Crippen LogP contribution in [-0.4, -0.2) is 28.6 Å². The number of amides is 2. The molecule has 7 heteroatoms. The van der Waals surface area contributed by atoms with E-state index in [1.165, 1.54) is 0 Å². The summed E-state index contributed by atoms with van der Waals surface area (Å²) in [6.07, 6.45) is 1.53. The number of rotatable bonds is 4. The van der Waals surface area contributed by atoms with Gasteiger partial charge in [-0.25, -0.2) is 4.79 Å². The van der Waals surface area contributed by atoms with Gasteiger partial charge in [0.1, 0.15) is 0 Å². The molecule has 0 saturated carbocycles. The zero-order valence-electron chi connectivity index (χ0n) is 10.4. The minimum atomic E-state index is -0.957. The molecule has 1 aromatic heterocycles. The van der Waals surface area contributed by atoms with Gasteiger partial charge in [0.05, 0.1) is 17.6 Å². The molecule has 1 heterocycles. The van der Waals surface area contributed by atoms with Gasteiger partial charge in [-0.3, -0.25) is 9.78 Å². The van der Waals surface area contributed by atoms with E-state index in [-0.39, 0.29) is 13.0 Å². The molecule has 1 aromatic carbocycles. The largest absolute Gasteiger partial charge is 0.481 e. The topological polar surface area (TPSA) is 91.3 Å². The van der Waals surface area contributed by atoms with Crippen LogP contribution in [0, 0.1) is 0 Å². The van der Waals surface area contributed by atoms with Gasteiger partial charge in [-0.2, -0.15) is 0 Å². The van der Waals surface area contributed by atoms with E-state index in [1.54, 1.807) is 12.3 Å². The first kappa shape index (κ1) is 14.3. The van der Waals surface area contributed by atoms with Crippen molar-refractivity contribution in [2.75, 3.05) is 11.9 Å². The number of benzene rings is 1. The summed E-state index contributed by atoms with van der Waals surface area (Å²) in [4.78, 5) is 26.3. The molecule has 0 fully saturated rings. The minimum Gasteiger partial charge on any atom is -0.481 e. The number of anilines is 1. The normalized spacial score (nSPS) is 10.2. The van der Waals surface area contributed by atoms with Crippen molar-refractivity contribution in [1.82, 2.24) is 10.3 Å². The Labute approximate surface area is 123 Å². The third-order valence-electron chi connectivity index (χ3n) is 2.55. The fourth-order valence-corrected chi connectivity index (χ4v) is 2.03. The highest BCUT2D eigenvalue weighted by Crippen LogP contribution is 2.23. The first-order chi connectivity index (χ1) is 9.56. The lowest BCUT2D eigenvalue weighted by Gasteiger charge is -2.09. The summed E-state index contributed by atoms with van der Waals surface area (Å²) in [5, 5.41) is 14.5. The van der Waals surface area contributed by atoms with Crippen LogP contribution in [0.1, 0.15) is 6.42 Å². The van der Waals surface area contributed by atoms with Crippen LogP contribution in [-0.2, 0) is 4.79 Å².